The molecule has 548 valence electrons. The molecule has 3 aromatic rings. The van der Waals surface area contributed by atoms with Gasteiger partial charge in [0, 0.05) is 53.4 Å². The molecule has 0 radical (unpaired) electrons. The summed E-state index contributed by atoms with van der Waals surface area (Å²) in [6.07, 6.45) is -19.5. The lowest BCUT2D eigenvalue weighted by atomic mass is 9.86. The van der Waals surface area contributed by atoms with E-state index in [1.54, 1.807) is 71.9 Å². The van der Waals surface area contributed by atoms with Crippen LogP contribution in [0.2, 0.25) is 0 Å². The van der Waals surface area contributed by atoms with Crippen molar-refractivity contribution in [3.05, 3.63) is 95.6 Å². The number of rotatable bonds is 32. The highest BCUT2D eigenvalue weighted by molar-refractivity contribution is 5.92. The summed E-state index contributed by atoms with van der Waals surface area (Å²) in [4.78, 5) is 132. The molecule has 0 heterocycles. The first kappa shape index (κ1) is 84.1. The van der Waals surface area contributed by atoms with E-state index in [0.717, 1.165) is 107 Å². The fourth-order valence-corrected chi connectivity index (χ4v) is 9.99. The first-order chi connectivity index (χ1) is 44.6. The second-order valence-electron chi connectivity index (χ2n) is 28.9. The molecule has 0 N–H and O–H groups in total. The van der Waals surface area contributed by atoms with Crippen molar-refractivity contribution in [3.8, 4) is 11.5 Å². The number of ether oxygens (including phenoxy) is 8. The van der Waals surface area contributed by atoms with E-state index in [2.05, 4.69) is 9.47 Å². The summed E-state index contributed by atoms with van der Waals surface area (Å²) < 4.78 is 153. The molecule has 8 atom stereocenters. The molecule has 0 aromatic heterocycles. The number of alkyl halides is 8. The molecule has 0 aliphatic carbocycles. The predicted octanol–water partition coefficient (Wildman–Crippen LogP) is 11.6. The van der Waals surface area contributed by atoms with E-state index in [9.17, 15) is 69.5 Å². The molecule has 98 heavy (non-hydrogen) atoms. The van der Waals surface area contributed by atoms with Gasteiger partial charge in [-0.2, -0.15) is 0 Å². The van der Waals surface area contributed by atoms with Gasteiger partial charge in [0.2, 0.25) is 0 Å². The molecule has 0 unspecified atom stereocenters. The van der Waals surface area contributed by atoms with Gasteiger partial charge in [0.25, 0.3) is 11.8 Å². The maximum Gasteiger partial charge on any atom is 0.573 e. The van der Waals surface area contributed by atoms with Crippen molar-refractivity contribution in [2.45, 2.75) is 227 Å². The normalized spacial score (nSPS) is 15.3. The van der Waals surface area contributed by atoms with Crippen molar-refractivity contribution in [1.29, 1.82) is 0 Å². The Labute approximate surface area is 567 Å². The Kier molecular flexibility index (Phi) is 29.3. The third-order valence-electron chi connectivity index (χ3n) is 14.7. The Morgan fingerprint density at radius 2 is 0.878 bits per heavy atom. The van der Waals surface area contributed by atoms with Crippen molar-refractivity contribution in [2.24, 2.45) is 10.8 Å². The third kappa shape index (κ3) is 29.5. The number of aldehydes is 1. The predicted molar refractivity (Wildman–Crippen MR) is 341 cm³/mol. The largest absolute Gasteiger partial charge is 0.573 e. The summed E-state index contributed by atoms with van der Waals surface area (Å²) in [7, 11) is 4.65. The Morgan fingerprint density at radius 1 is 0.459 bits per heavy atom. The van der Waals surface area contributed by atoms with Gasteiger partial charge in [-0.25, -0.2) is 32.8 Å². The quantitative estimate of drug-likeness (QED) is 0.0244. The van der Waals surface area contributed by atoms with Gasteiger partial charge in [0.15, 0.2) is 30.2 Å². The number of halogens is 8. The molecular weight excluding hydrogens is 1310 g/mol. The topological polar surface area (TPSA) is 240 Å². The van der Waals surface area contributed by atoms with Gasteiger partial charge in [0.05, 0.1) is 0 Å². The molecule has 21 nitrogen and oxygen atoms in total. The van der Waals surface area contributed by atoms with Crippen molar-refractivity contribution in [1.82, 2.24) is 19.6 Å². The van der Waals surface area contributed by atoms with Gasteiger partial charge in [-0.1, -0.05) is 96.1 Å². The number of nitrogens with zero attached hydrogens (tertiary/aromatic N) is 4. The zero-order valence-corrected chi connectivity index (χ0v) is 59.0. The van der Waals surface area contributed by atoms with Crippen LogP contribution in [0.4, 0.5) is 39.9 Å². The molecule has 29 heteroatoms. The zero-order chi connectivity index (χ0) is 75.1. The second kappa shape index (κ2) is 34.1. The molecule has 0 saturated carbocycles. The van der Waals surface area contributed by atoms with E-state index < -0.39 is 180 Å². The van der Waals surface area contributed by atoms with Crippen LogP contribution in [0, 0.1) is 10.8 Å². The molecule has 3 rings (SSSR count). The standard InChI is InChI=1S/C69H94F8N4O17/c1-42(92-57(86)49(35-62(3,4)5)78(16)40-67(41-82,34-45-27-31-48(32-28-45)96-69(75,76)77)97-60(89)52(38-66(14,15)71)81(19)61(90)98-64(9,10)11)54(83)79(17)51(37-65(12,13)70)59(88)94-53(33-44-25-29-47(30-26-44)95-68(72,73)74)55(84)80(18)50(36-63(6,7)8)58(87)93-43(2)56(85)91-39-46-23-21-20-22-24-46/h20-32,41-43,49-53H,33-40H2,1-19H3/t42-,43-,49+,50+,51+,52+,53-,67+/m1/s1. The molecule has 3 amide bonds. The van der Waals surface area contributed by atoms with Crippen LogP contribution in [0.25, 0.3) is 0 Å². The van der Waals surface area contributed by atoms with Gasteiger partial charge < -0.3 is 47.7 Å². The van der Waals surface area contributed by atoms with E-state index in [-0.39, 0.29) is 36.9 Å². The van der Waals surface area contributed by atoms with E-state index in [1.807, 2.05) is 0 Å². The second-order valence-corrected chi connectivity index (χ2v) is 28.9. The first-order valence-electron chi connectivity index (χ1n) is 31.4. The van der Waals surface area contributed by atoms with Gasteiger partial charge in [-0.05, 0) is 134 Å². The average molecular weight is 1400 g/mol. The van der Waals surface area contributed by atoms with Crippen LogP contribution in [-0.2, 0) is 86.2 Å². The van der Waals surface area contributed by atoms with Crippen LogP contribution in [0.5, 0.6) is 11.5 Å². The zero-order valence-electron chi connectivity index (χ0n) is 59.0. The maximum atomic E-state index is 16.0. The average Bonchev–Trinajstić information content (AvgIpc) is 0.807. The van der Waals surface area contributed by atoms with Gasteiger partial charge in [0.1, 0.15) is 59.2 Å². The first-order valence-corrected chi connectivity index (χ1v) is 31.4. The summed E-state index contributed by atoms with van der Waals surface area (Å²) in [5.41, 5.74) is -8.82. The minimum atomic E-state index is -5.09. The van der Waals surface area contributed by atoms with E-state index in [0.29, 0.717) is 10.5 Å². The lowest BCUT2D eigenvalue weighted by Gasteiger charge is -2.39. The fourth-order valence-electron chi connectivity index (χ4n) is 9.99. The van der Waals surface area contributed by atoms with Crippen LogP contribution in [0.3, 0.4) is 0 Å². The number of hydrogen-bond acceptors (Lipinski definition) is 18. The van der Waals surface area contributed by atoms with Crippen molar-refractivity contribution in [3.63, 3.8) is 0 Å². The van der Waals surface area contributed by atoms with Crippen LogP contribution in [-0.4, -0.2) is 186 Å². The molecule has 0 saturated heterocycles. The molecule has 0 bridgehead atoms. The van der Waals surface area contributed by atoms with Crippen LogP contribution in [0.1, 0.15) is 146 Å². The van der Waals surface area contributed by atoms with E-state index >= 15 is 8.78 Å². The molecule has 0 spiro atoms. The highest BCUT2D eigenvalue weighted by Crippen LogP contribution is 2.33. The minimum absolute atomic E-state index is 0.0684. The number of esters is 5. The number of benzene rings is 3. The molecule has 0 aliphatic rings. The van der Waals surface area contributed by atoms with Gasteiger partial charge in [-0.3, -0.25) is 29.0 Å². The van der Waals surface area contributed by atoms with Gasteiger partial charge in [-0.15, -0.1) is 26.3 Å². The summed E-state index contributed by atoms with van der Waals surface area (Å²) in [5.74, 6) is -9.53. The van der Waals surface area contributed by atoms with Crippen LogP contribution < -0.4 is 9.47 Å². The van der Waals surface area contributed by atoms with Crippen LogP contribution >= 0.6 is 0 Å². The summed E-state index contributed by atoms with van der Waals surface area (Å²) in [6, 6.07) is 10.0. The van der Waals surface area contributed by atoms with Gasteiger partial charge >= 0.3 is 48.7 Å². The van der Waals surface area contributed by atoms with Crippen molar-refractivity contribution < 1.29 is 116 Å². The fraction of sp³-hybridized carbons (Fsp3) is 0.609. The Morgan fingerprint density at radius 3 is 1.33 bits per heavy atom. The van der Waals surface area contributed by atoms with Crippen LogP contribution in [0.15, 0.2) is 78.9 Å². The maximum absolute atomic E-state index is 16.0. The monoisotopic (exact) mass is 1400 g/mol. The molecule has 0 fully saturated rings. The van der Waals surface area contributed by atoms with E-state index in [4.69, 9.17) is 28.4 Å². The third-order valence-corrected chi connectivity index (χ3v) is 14.7. The molecule has 0 aliphatic heterocycles. The Hall–Kier alpha value is -8.11. The Bertz CT molecular complexity index is 3170. The number of likely N-dealkylation sites (N-methyl/N-ethyl adjacent to an activating group) is 4. The number of hydrogen-bond donors (Lipinski definition) is 0. The number of carbonyl (C=O) groups is 9. The van der Waals surface area contributed by atoms with Crippen molar-refractivity contribution in [2.75, 3.05) is 34.7 Å². The highest BCUT2D eigenvalue weighted by atomic mass is 19.4. The summed E-state index contributed by atoms with van der Waals surface area (Å²) in [6.45, 7) is 20.7. The Balaban J connectivity index is 2.12. The summed E-state index contributed by atoms with van der Waals surface area (Å²) >= 11 is 0. The highest BCUT2D eigenvalue weighted by Gasteiger charge is 2.47. The van der Waals surface area contributed by atoms with E-state index in [1.165, 1.54) is 46.7 Å². The lowest BCUT2D eigenvalue weighted by Crippen LogP contribution is -2.57. The number of carbonyl (C=O) groups excluding carboxylic acids is 9. The minimum Gasteiger partial charge on any atom is -0.458 e. The smallest absolute Gasteiger partial charge is 0.458 e. The molecule has 3 aromatic carbocycles. The lowest BCUT2D eigenvalue weighted by molar-refractivity contribution is -0.275. The molecular formula is C69H94F8N4O17. The summed E-state index contributed by atoms with van der Waals surface area (Å²) in [5, 5.41) is 0. The SMILES string of the molecule is C[C@@H](OC(=O)[C@H](CC(C)(C)C)N(C)C(=O)[C@@H](Cc1ccc(OC(F)(F)F)cc1)OC(=O)[C@H](CC(C)(C)F)N(C)C(=O)[C@@H](C)OC(=O)[C@H](CC(C)(C)C)N(C)C[C@](C=O)(Cc1ccc(OC(F)(F)F)cc1)OC(=O)[C@H](CC(C)(C)F)N(C)C(=O)OC(C)(C)C)C(=O)OCc1ccccc1. The van der Waals surface area contributed by atoms with Crippen molar-refractivity contribution >= 4 is 54.0 Å². The number of amides is 3.